The van der Waals surface area contributed by atoms with Gasteiger partial charge in [0.15, 0.2) is 11.5 Å². The second-order valence-electron chi connectivity index (χ2n) is 4.13. The fraction of sp³-hybridized carbons (Fsp3) is 0.571. The minimum absolute atomic E-state index is 0.295. The fourth-order valence-corrected chi connectivity index (χ4v) is 1.77. The van der Waals surface area contributed by atoms with Gasteiger partial charge in [0.25, 0.3) is 0 Å². The fourth-order valence-electron chi connectivity index (χ4n) is 1.77. The van der Waals surface area contributed by atoms with Gasteiger partial charge in [-0.2, -0.15) is 0 Å². The number of rotatable bonds is 9. The monoisotopic (exact) mass is 253 g/mol. The maximum absolute atomic E-state index is 8.67. The van der Waals surface area contributed by atoms with E-state index in [2.05, 4.69) is 5.32 Å². The first kappa shape index (κ1) is 14.6. The van der Waals surface area contributed by atoms with Crippen LogP contribution in [0.5, 0.6) is 11.5 Å². The Balaban J connectivity index is 2.34. The Morgan fingerprint density at radius 2 is 1.72 bits per heavy atom. The molecule has 0 heterocycles. The second kappa shape index (κ2) is 8.64. The first-order valence-corrected chi connectivity index (χ1v) is 6.38. The van der Waals surface area contributed by atoms with Gasteiger partial charge in [-0.25, -0.2) is 0 Å². The molecule has 0 saturated heterocycles. The van der Waals surface area contributed by atoms with Crippen LogP contribution in [0.15, 0.2) is 18.2 Å². The van der Waals surface area contributed by atoms with E-state index in [1.165, 1.54) is 0 Å². The van der Waals surface area contributed by atoms with Crippen molar-refractivity contribution >= 4 is 5.69 Å². The predicted molar refractivity (Wildman–Crippen MR) is 73.6 cm³/mol. The Morgan fingerprint density at radius 3 is 2.39 bits per heavy atom. The highest BCUT2D eigenvalue weighted by Gasteiger charge is 2.03. The minimum atomic E-state index is 0.295. The lowest BCUT2D eigenvalue weighted by Gasteiger charge is -2.11. The molecule has 18 heavy (non-hydrogen) atoms. The van der Waals surface area contributed by atoms with Crippen molar-refractivity contribution in [3.8, 4) is 11.5 Å². The molecule has 4 nitrogen and oxygen atoms in total. The molecule has 102 valence electrons. The topological polar surface area (TPSA) is 50.7 Å². The van der Waals surface area contributed by atoms with Crippen molar-refractivity contribution in [2.24, 2.45) is 0 Å². The van der Waals surface area contributed by atoms with Gasteiger partial charge >= 0.3 is 0 Å². The van der Waals surface area contributed by atoms with Crippen LogP contribution >= 0.6 is 0 Å². The molecular formula is C14H23NO3. The Hall–Kier alpha value is -1.42. The van der Waals surface area contributed by atoms with Crippen LogP contribution in [-0.2, 0) is 0 Å². The van der Waals surface area contributed by atoms with Crippen LogP contribution in [0.25, 0.3) is 0 Å². The second-order valence-corrected chi connectivity index (χ2v) is 4.13. The molecule has 1 rings (SSSR count). The normalized spacial score (nSPS) is 10.2. The van der Waals surface area contributed by atoms with Gasteiger partial charge in [0.2, 0.25) is 0 Å². The Morgan fingerprint density at radius 1 is 1.00 bits per heavy atom. The molecule has 0 bridgehead atoms. The maximum Gasteiger partial charge on any atom is 0.162 e. The highest BCUT2D eigenvalue weighted by atomic mass is 16.5. The van der Waals surface area contributed by atoms with E-state index in [0.29, 0.717) is 6.61 Å². The van der Waals surface area contributed by atoms with Crippen molar-refractivity contribution in [3.63, 3.8) is 0 Å². The van der Waals surface area contributed by atoms with Gasteiger partial charge in [0, 0.05) is 24.9 Å². The van der Waals surface area contributed by atoms with E-state index in [9.17, 15) is 0 Å². The van der Waals surface area contributed by atoms with Gasteiger partial charge in [-0.15, -0.1) is 0 Å². The first-order chi connectivity index (χ1) is 8.81. The van der Waals surface area contributed by atoms with Crippen molar-refractivity contribution in [2.45, 2.75) is 25.7 Å². The van der Waals surface area contributed by atoms with Gasteiger partial charge < -0.3 is 19.9 Å². The number of aliphatic hydroxyl groups excluding tert-OH is 1. The summed E-state index contributed by atoms with van der Waals surface area (Å²) >= 11 is 0. The van der Waals surface area contributed by atoms with E-state index < -0.39 is 0 Å². The molecule has 0 aromatic heterocycles. The zero-order valence-electron chi connectivity index (χ0n) is 11.2. The van der Waals surface area contributed by atoms with E-state index in [4.69, 9.17) is 14.6 Å². The van der Waals surface area contributed by atoms with Crippen molar-refractivity contribution in [1.29, 1.82) is 0 Å². The van der Waals surface area contributed by atoms with Gasteiger partial charge in [-0.1, -0.05) is 12.8 Å². The lowest BCUT2D eigenvalue weighted by Crippen LogP contribution is -2.02. The summed E-state index contributed by atoms with van der Waals surface area (Å²) in [7, 11) is 3.27. The van der Waals surface area contributed by atoms with Gasteiger partial charge in [0.1, 0.15) is 0 Å². The van der Waals surface area contributed by atoms with Gasteiger partial charge in [-0.3, -0.25) is 0 Å². The van der Waals surface area contributed by atoms with Crippen LogP contribution in [0.4, 0.5) is 5.69 Å². The van der Waals surface area contributed by atoms with E-state index in [-0.39, 0.29) is 0 Å². The predicted octanol–water partition coefficient (Wildman–Crippen LogP) is 2.67. The van der Waals surface area contributed by atoms with Crippen LogP contribution in [-0.4, -0.2) is 32.5 Å². The van der Waals surface area contributed by atoms with Crippen LogP contribution in [0.1, 0.15) is 25.7 Å². The van der Waals surface area contributed by atoms with Gasteiger partial charge in [0.05, 0.1) is 14.2 Å². The Kier molecular flexibility index (Phi) is 7.03. The number of hydrogen-bond donors (Lipinski definition) is 2. The molecular weight excluding hydrogens is 230 g/mol. The van der Waals surface area contributed by atoms with Crippen molar-refractivity contribution in [3.05, 3.63) is 18.2 Å². The molecule has 0 radical (unpaired) electrons. The number of hydrogen-bond acceptors (Lipinski definition) is 4. The number of benzene rings is 1. The lowest BCUT2D eigenvalue weighted by molar-refractivity contribution is 0.283. The third-order valence-corrected chi connectivity index (χ3v) is 2.80. The van der Waals surface area contributed by atoms with Crippen molar-refractivity contribution in [2.75, 3.05) is 32.7 Å². The lowest BCUT2D eigenvalue weighted by atomic mass is 10.2. The van der Waals surface area contributed by atoms with Crippen LogP contribution in [0.3, 0.4) is 0 Å². The molecule has 0 spiro atoms. The standard InChI is InChI=1S/C14H23NO3/c1-17-13-8-7-12(11-14(13)18-2)15-9-5-3-4-6-10-16/h7-8,11,15-16H,3-6,9-10H2,1-2H3. The summed E-state index contributed by atoms with van der Waals surface area (Å²) in [6.45, 7) is 1.23. The average molecular weight is 253 g/mol. The summed E-state index contributed by atoms with van der Waals surface area (Å²) in [5.74, 6) is 1.48. The van der Waals surface area contributed by atoms with E-state index in [1.807, 2.05) is 18.2 Å². The summed E-state index contributed by atoms with van der Waals surface area (Å²) in [5, 5.41) is 12.0. The maximum atomic E-state index is 8.67. The van der Waals surface area contributed by atoms with Crippen molar-refractivity contribution < 1.29 is 14.6 Å². The summed E-state index contributed by atoms with van der Waals surface area (Å²) in [6.07, 6.45) is 4.23. The molecule has 1 aromatic rings. The molecule has 2 N–H and O–H groups in total. The molecule has 0 fully saturated rings. The minimum Gasteiger partial charge on any atom is -0.493 e. The molecule has 0 aliphatic rings. The third-order valence-electron chi connectivity index (χ3n) is 2.80. The molecule has 4 heteroatoms. The van der Waals surface area contributed by atoms with Crippen LogP contribution in [0.2, 0.25) is 0 Å². The highest BCUT2D eigenvalue weighted by Crippen LogP contribution is 2.29. The summed E-state index contributed by atoms with van der Waals surface area (Å²) in [4.78, 5) is 0. The quantitative estimate of drug-likeness (QED) is 0.664. The van der Waals surface area contributed by atoms with Crippen LogP contribution < -0.4 is 14.8 Å². The van der Waals surface area contributed by atoms with Crippen LogP contribution in [0, 0.1) is 0 Å². The molecule has 0 atom stereocenters. The highest BCUT2D eigenvalue weighted by molar-refractivity contribution is 5.54. The Labute approximate surface area is 109 Å². The molecule has 1 aromatic carbocycles. The largest absolute Gasteiger partial charge is 0.493 e. The summed E-state index contributed by atoms with van der Waals surface area (Å²) < 4.78 is 10.4. The zero-order chi connectivity index (χ0) is 13.2. The number of nitrogens with one attached hydrogen (secondary N) is 1. The molecule has 0 amide bonds. The number of unbranched alkanes of at least 4 members (excludes halogenated alkanes) is 3. The SMILES string of the molecule is COc1ccc(NCCCCCCO)cc1OC. The van der Waals surface area contributed by atoms with Crippen molar-refractivity contribution in [1.82, 2.24) is 0 Å². The number of aliphatic hydroxyl groups is 1. The third kappa shape index (κ3) is 4.84. The molecule has 0 aliphatic carbocycles. The first-order valence-electron chi connectivity index (χ1n) is 6.38. The van der Waals surface area contributed by atoms with E-state index in [0.717, 1.165) is 49.4 Å². The number of ether oxygens (including phenoxy) is 2. The summed E-state index contributed by atoms with van der Waals surface area (Å²) in [6, 6.07) is 5.81. The smallest absolute Gasteiger partial charge is 0.162 e. The summed E-state index contributed by atoms with van der Waals surface area (Å²) in [5.41, 5.74) is 1.04. The zero-order valence-corrected chi connectivity index (χ0v) is 11.2. The average Bonchev–Trinajstić information content (AvgIpc) is 2.42. The number of methoxy groups -OCH3 is 2. The van der Waals surface area contributed by atoms with Gasteiger partial charge in [-0.05, 0) is 25.0 Å². The van der Waals surface area contributed by atoms with E-state index in [1.54, 1.807) is 14.2 Å². The Bertz CT molecular complexity index is 342. The molecule has 0 unspecified atom stereocenters. The number of anilines is 1. The molecule has 0 aliphatic heterocycles. The molecule has 0 saturated carbocycles. The van der Waals surface area contributed by atoms with E-state index >= 15 is 0 Å².